The summed E-state index contributed by atoms with van der Waals surface area (Å²) < 4.78 is 5.55. The Labute approximate surface area is 102 Å². The van der Waals surface area contributed by atoms with Gasteiger partial charge in [0, 0.05) is 12.5 Å². The first kappa shape index (κ1) is 11.2. The van der Waals surface area contributed by atoms with Gasteiger partial charge in [0.25, 0.3) is 0 Å². The minimum atomic E-state index is 0.0849. The van der Waals surface area contributed by atoms with E-state index in [0.717, 1.165) is 37.1 Å². The van der Waals surface area contributed by atoms with E-state index in [9.17, 15) is 0 Å². The highest BCUT2D eigenvalue weighted by molar-refractivity contribution is 5.13. The highest BCUT2D eigenvalue weighted by Crippen LogP contribution is 2.46. The van der Waals surface area contributed by atoms with Crippen molar-refractivity contribution in [3.05, 3.63) is 11.7 Å². The Kier molecular flexibility index (Phi) is 2.69. The van der Waals surface area contributed by atoms with Gasteiger partial charge in [-0.05, 0) is 38.1 Å². The van der Waals surface area contributed by atoms with Gasteiger partial charge >= 0.3 is 0 Å². The number of rotatable bonds is 3. The summed E-state index contributed by atoms with van der Waals surface area (Å²) in [6.07, 6.45) is 4.65. The molecular weight excluding hydrogens is 214 g/mol. The van der Waals surface area contributed by atoms with Crippen LogP contribution in [0.1, 0.15) is 57.2 Å². The van der Waals surface area contributed by atoms with Crippen LogP contribution in [-0.4, -0.2) is 23.2 Å². The number of nitrogens with zero attached hydrogens (tertiary/aromatic N) is 2. The van der Waals surface area contributed by atoms with Gasteiger partial charge in [-0.15, -0.1) is 0 Å². The predicted molar refractivity (Wildman–Crippen MR) is 64.9 cm³/mol. The van der Waals surface area contributed by atoms with E-state index in [1.807, 2.05) is 0 Å². The molecular formula is C13H21N3O. The van der Waals surface area contributed by atoms with Gasteiger partial charge in [0.1, 0.15) is 0 Å². The van der Waals surface area contributed by atoms with Gasteiger partial charge in [-0.25, -0.2) is 0 Å². The number of piperidine rings is 1. The zero-order valence-corrected chi connectivity index (χ0v) is 10.7. The van der Waals surface area contributed by atoms with E-state index >= 15 is 0 Å². The van der Waals surface area contributed by atoms with Crippen LogP contribution in [0.3, 0.4) is 0 Å². The van der Waals surface area contributed by atoms with Crippen molar-refractivity contribution in [2.45, 2.75) is 50.9 Å². The van der Waals surface area contributed by atoms with Crippen LogP contribution in [0.2, 0.25) is 0 Å². The molecule has 1 saturated carbocycles. The van der Waals surface area contributed by atoms with E-state index in [1.54, 1.807) is 0 Å². The summed E-state index contributed by atoms with van der Waals surface area (Å²) in [6, 6.07) is 0. The summed E-state index contributed by atoms with van der Waals surface area (Å²) >= 11 is 0. The molecule has 0 amide bonds. The summed E-state index contributed by atoms with van der Waals surface area (Å²) in [6.45, 7) is 6.56. The van der Waals surface area contributed by atoms with Gasteiger partial charge in [-0.2, -0.15) is 4.98 Å². The molecule has 2 aliphatic rings. The quantitative estimate of drug-likeness (QED) is 0.872. The second-order valence-corrected chi connectivity index (χ2v) is 5.69. The largest absolute Gasteiger partial charge is 0.339 e. The first-order valence-corrected chi connectivity index (χ1v) is 6.80. The molecule has 1 saturated heterocycles. The molecule has 2 heterocycles. The van der Waals surface area contributed by atoms with Crippen LogP contribution in [0.15, 0.2) is 4.52 Å². The predicted octanol–water partition coefficient (Wildman–Crippen LogP) is 2.22. The van der Waals surface area contributed by atoms with E-state index < -0.39 is 0 Å². The van der Waals surface area contributed by atoms with Crippen LogP contribution in [0.4, 0.5) is 0 Å². The Morgan fingerprint density at radius 1 is 1.53 bits per heavy atom. The zero-order chi connectivity index (χ0) is 11.9. The fourth-order valence-electron chi connectivity index (χ4n) is 2.89. The van der Waals surface area contributed by atoms with Crippen LogP contribution in [0, 0.1) is 5.92 Å². The van der Waals surface area contributed by atoms with E-state index in [2.05, 4.69) is 29.3 Å². The fourth-order valence-corrected chi connectivity index (χ4v) is 2.89. The molecule has 0 radical (unpaired) electrons. The third-order valence-electron chi connectivity index (χ3n) is 4.49. The number of nitrogens with one attached hydrogen (secondary N) is 1. The van der Waals surface area contributed by atoms with Crippen molar-refractivity contribution in [1.82, 2.24) is 15.5 Å². The fraction of sp³-hybridized carbons (Fsp3) is 0.846. The maximum Gasteiger partial charge on any atom is 0.234 e. The van der Waals surface area contributed by atoms with Gasteiger partial charge in [0.15, 0.2) is 5.82 Å². The average molecular weight is 235 g/mol. The van der Waals surface area contributed by atoms with Crippen LogP contribution >= 0.6 is 0 Å². The lowest BCUT2D eigenvalue weighted by atomic mass is 9.78. The maximum atomic E-state index is 5.55. The van der Waals surface area contributed by atoms with Crippen molar-refractivity contribution in [2.75, 3.05) is 13.1 Å². The van der Waals surface area contributed by atoms with Gasteiger partial charge in [-0.1, -0.05) is 19.0 Å². The van der Waals surface area contributed by atoms with E-state index in [-0.39, 0.29) is 5.41 Å². The molecule has 3 atom stereocenters. The molecule has 3 unspecified atom stereocenters. The van der Waals surface area contributed by atoms with Gasteiger partial charge < -0.3 is 9.84 Å². The summed E-state index contributed by atoms with van der Waals surface area (Å²) in [7, 11) is 0. The Hall–Kier alpha value is -0.900. The number of hydrogen-bond donors (Lipinski definition) is 1. The average Bonchev–Trinajstić information content (AvgIpc) is 2.92. The molecule has 0 spiro atoms. The van der Waals surface area contributed by atoms with Gasteiger partial charge in [0.2, 0.25) is 5.89 Å². The smallest absolute Gasteiger partial charge is 0.234 e. The molecule has 2 fully saturated rings. The molecule has 1 aromatic heterocycles. The Morgan fingerprint density at radius 2 is 2.35 bits per heavy atom. The van der Waals surface area contributed by atoms with Crippen LogP contribution in [0.5, 0.6) is 0 Å². The Balaban J connectivity index is 1.83. The Bertz CT molecular complexity index is 395. The van der Waals surface area contributed by atoms with E-state index in [4.69, 9.17) is 4.52 Å². The lowest BCUT2D eigenvalue weighted by molar-refractivity contribution is 0.220. The third kappa shape index (κ3) is 1.88. The lowest BCUT2D eigenvalue weighted by Crippen LogP contribution is -2.43. The van der Waals surface area contributed by atoms with Crippen molar-refractivity contribution >= 4 is 0 Å². The standard InChI is InChI=1S/C13H21N3O/c1-3-13(5-4-6-14-8-13)12-15-11(16-17-12)10-7-9(10)2/h9-10,14H,3-8H2,1-2H3. The maximum absolute atomic E-state index is 5.55. The number of hydrogen-bond acceptors (Lipinski definition) is 4. The second kappa shape index (κ2) is 4.09. The highest BCUT2D eigenvalue weighted by Gasteiger charge is 2.42. The van der Waals surface area contributed by atoms with Crippen LogP contribution in [0.25, 0.3) is 0 Å². The van der Waals surface area contributed by atoms with Crippen molar-refractivity contribution in [1.29, 1.82) is 0 Å². The topological polar surface area (TPSA) is 51.0 Å². The minimum Gasteiger partial charge on any atom is -0.339 e. The van der Waals surface area contributed by atoms with Crippen molar-refractivity contribution in [3.63, 3.8) is 0 Å². The molecule has 4 nitrogen and oxygen atoms in total. The van der Waals surface area contributed by atoms with Gasteiger partial charge in [-0.3, -0.25) is 0 Å². The monoisotopic (exact) mass is 235 g/mol. The third-order valence-corrected chi connectivity index (χ3v) is 4.49. The molecule has 3 rings (SSSR count). The molecule has 1 aliphatic heterocycles. The van der Waals surface area contributed by atoms with E-state index in [0.29, 0.717) is 5.92 Å². The molecule has 0 bridgehead atoms. The molecule has 4 heteroatoms. The van der Waals surface area contributed by atoms with E-state index in [1.165, 1.54) is 19.3 Å². The minimum absolute atomic E-state index is 0.0849. The van der Waals surface area contributed by atoms with Crippen molar-refractivity contribution < 1.29 is 4.52 Å². The molecule has 1 aromatic rings. The summed E-state index contributed by atoms with van der Waals surface area (Å²) in [5, 5.41) is 7.64. The van der Waals surface area contributed by atoms with Crippen molar-refractivity contribution in [3.8, 4) is 0 Å². The SMILES string of the molecule is CCC1(c2nc(C3CC3C)no2)CCCNC1. The molecule has 17 heavy (non-hydrogen) atoms. The molecule has 94 valence electrons. The molecule has 1 aliphatic carbocycles. The summed E-state index contributed by atoms with van der Waals surface area (Å²) in [5.74, 6) is 3.09. The summed E-state index contributed by atoms with van der Waals surface area (Å²) in [4.78, 5) is 4.67. The Morgan fingerprint density at radius 3 is 2.94 bits per heavy atom. The van der Waals surface area contributed by atoms with Gasteiger partial charge in [0.05, 0.1) is 5.41 Å². The first-order valence-electron chi connectivity index (χ1n) is 6.80. The highest BCUT2D eigenvalue weighted by atomic mass is 16.5. The lowest BCUT2D eigenvalue weighted by Gasteiger charge is -2.33. The zero-order valence-electron chi connectivity index (χ0n) is 10.7. The first-order chi connectivity index (χ1) is 8.25. The molecule has 0 aromatic carbocycles. The normalized spacial score (nSPS) is 37.1. The molecule has 1 N–H and O–H groups in total. The van der Waals surface area contributed by atoms with Crippen LogP contribution in [-0.2, 0) is 5.41 Å². The second-order valence-electron chi connectivity index (χ2n) is 5.69. The van der Waals surface area contributed by atoms with Crippen LogP contribution < -0.4 is 5.32 Å². The number of aromatic nitrogens is 2. The summed E-state index contributed by atoms with van der Waals surface area (Å²) in [5.41, 5.74) is 0.0849. The van der Waals surface area contributed by atoms with Crippen molar-refractivity contribution in [2.24, 2.45) is 5.92 Å².